The Morgan fingerprint density at radius 2 is 1.68 bits per heavy atom. The molecule has 3 aromatic rings. The third kappa shape index (κ3) is 2.91. The lowest BCUT2D eigenvalue weighted by atomic mass is 9.87. The maximum Gasteiger partial charge on any atom is 0.181 e. The van der Waals surface area contributed by atoms with E-state index in [-0.39, 0.29) is 11.2 Å². The molecule has 0 aliphatic carbocycles. The molecule has 0 saturated heterocycles. The molecule has 1 N–H and O–H groups in total. The average Bonchev–Trinajstić information content (AvgIpc) is 2.96. The van der Waals surface area contributed by atoms with Gasteiger partial charge >= 0.3 is 0 Å². The zero-order valence-electron chi connectivity index (χ0n) is 12.9. The quantitative estimate of drug-likeness (QED) is 0.752. The minimum absolute atomic E-state index is 0.118. The van der Waals surface area contributed by atoms with Crippen LogP contribution in [-0.4, -0.2) is 15.2 Å². The Morgan fingerprint density at radius 3 is 2.32 bits per heavy atom. The first-order chi connectivity index (χ1) is 10.4. The van der Waals surface area contributed by atoms with E-state index in [0.29, 0.717) is 17.2 Å². The molecule has 22 heavy (non-hydrogen) atoms. The molecule has 3 rings (SSSR count). The van der Waals surface area contributed by atoms with E-state index in [4.69, 9.17) is 0 Å². The third-order valence-electron chi connectivity index (χ3n) is 3.59. The van der Waals surface area contributed by atoms with Crippen LogP contribution in [0.3, 0.4) is 0 Å². The van der Waals surface area contributed by atoms with Crippen LogP contribution in [0.4, 0.5) is 4.39 Å². The van der Waals surface area contributed by atoms with Gasteiger partial charge in [0, 0.05) is 11.1 Å². The Bertz CT molecular complexity index is 783. The van der Waals surface area contributed by atoms with Crippen LogP contribution in [0, 0.1) is 5.82 Å². The summed E-state index contributed by atoms with van der Waals surface area (Å²) in [6, 6.07) is 14.5. The molecule has 3 nitrogen and oxygen atoms in total. The van der Waals surface area contributed by atoms with E-state index in [2.05, 4.69) is 48.1 Å². The Hall–Kier alpha value is -2.49. The highest BCUT2D eigenvalue weighted by atomic mass is 19.1. The van der Waals surface area contributed by atoms with Crippen molar-refractivity contribution in [2.45, 2.75) is 26.2 Å². The summed E-state index contributed by atoms with van der Waals surface area (Å²) >= 11 is 0. The molecule has 0 atom stereocenters. The highest BCUT2D eigenvalue weighted by Gasteiger charge is 2.14. The second-order valence-electron chi connectivity index (χ2n) is 6.35. The predicted molar refractivity (Wildman–Crippen MR) is 85.9 cm³/mol. The summed E-state index contributed by atoms with van der Waals surface area (Å²) in [5, 5.41) is 7.09. The Kier molecular flexibility index (Phi) is 3.53. The van der Waals surface area contributed by atoms with Crippen LogP contribution in [-0.2, 0) is 5.41 Å². The number of aromatic nitrogens is 3. The average molecular weight is 295 g/mol. The van der Waals surface area contributed by atoms with Gasteiger partial charge < -0.3 is 0 Å². The van der Waals surface area contributed by atoms with Crippen LogP contribution in [0.5, 0.6) is 0 Å². The number of H-pyrrole nitrogens is 1. The fourth-order valence-corrected chi connectivity index (χ4v) is 2.28. The minimum atomic E-state index is -0.293. The molecular weight excluding hydrogens is 277 g/mol. The van der Waals surface area contributed by atoms with Crippen LogP contribution in [0.1, 0.15) is 26.3 Å². The first-order valence-electron chi connectivity index (χ1n) is 7.23. The van der Waals surface area contributed by atoms with Crippen molar-refractivity contribution >= 4 is 0 Å². The third-order valence-corrected chi connectivity index (χ3v) is 3.59. The van der Waals surface area contributed by atoms with E-state index in [1.807, 2.05) is 12.1 Å². The normalized spacial score (nSPS) is 11.6. The minimum Gasteiger partial charge on any atom is -0.259 e. The van der Waals surface area contributed by atoms with Crippen LogP contribution in [0.2, 0.25) is 0 Å². The fourth-order valence-electron chi connectivity index (χ4n) is 2.28. The van der Waals surface area contributed by atoms with Gasteiger partial charge in [0.25, 0.3) is 0 Å². The molecule has 112 valence electrons. The lowest BCUT2D eigenvalue weighted by Gasteiger charge is -2.18. The molecule has 0 radical (unpaired) electrons. The monoisotopic (exact) mass is 295 g/mol. The molecule has 0 spiro atoms. The number of halogens is 1. The lowest BCUT2D eigenvalue weighted by molar-refractivity contribution is 0.590. The molecule has 0 bridgehead atoms. The van der Waals surface area contributed by atoms with Crippen molar-refractivity contribution in [1.82, 2.24) is 15.2 Å². The molecule has 0 aliphatic rings. The van der Waals surface area contributed by atoms with Crippen molar-refractivity contribution in [3.05, 3.63) is 59.9 Å². The maximum atomic E-state index is 13.3. The van der Waals surface area contributed by atoms with Gasteiger partial charge in [0.1, 0.15) is 5.82 Å². The number of nitrogens with zero attached hydrogens (tertiary/aromatic N) is 2. The van der Waals surface area contributed by atoms with Gasteiger partial charge in [-0.2, -0.15) is 5.10 Å². The largest absolute Gasteiger partial charge is 0.259 e. The lowest BCUT2D eigenvalue weighted by Crippen LogP contribution is -2.10. The molecule has 1 heterocycles. The van der Waals surface area contributed by atoms with E-state index >= 15 is 0 Å². The summed E-state index contributed by atoms with van der Waals surface area (Å²) in [6.45, 7) is 6.54. The number of nitrogens with one attached hydrogen (secondary N) is 1. The second-order valence-corrected chi connectivity index (χ2v) is 6.35. The van der Waals surface area contributed by atoms with E-state index < -0.39 is 0 Å². The summed E-state index contributed by atoms with van der Waals surface area (Å²) < 4.78 is 13.3. The molecule has 0 fully saturated rings. The highest BCUT2D eigenvalue weighted by molar-refractivity contribution is 5.61. The SMILES string of the molecule is CC(C)(C)c1ccc(-c2nc(-c3cccc(F)c3)n[nH]2)cc1. The van der Waals surface area contributed by atoms with Crippen LogP contribution >= 0.6 is 0 Å². The molecule has 0 unspecified atom stereocenters. The van der Waals surface area contributed by atoms with Crippen molar-refractivity contribution in [2.75, 3.05) is 0 Å². The summed E-state index contributed by atoms with van der Waals surface area (Å²) in [4.78, 5) is 4.45. The molecule has 2 aromatic carbocycles. The summed E-state index contributed by atoms with van der Waals surface area (Å²) in [6.07, 6.45) is 0. The smallest absolute Gasteiger partial charge is 0.181 e. The van der Waals surface area contributed by atoms with Gasteiger partial charge in [-0.15, -0.1) is 0 Å². The summed E-state index contributed by atoms with van der Waals surface area (Å²) in [5.41, 5.74) is 3.00. The van der Waals surface area contributed by atoms with Crippen LogP contribution in [0.25, 0.3) is 22.8 Å². The van der Waals surface area contributed by atoms with Crippen molar-refractivity contribution in [3.8, 4) is 22.8 Å². The van der Waals surface area contributed by atoms with E-state index in [9.17, 15) is 4.39 Å². The summed E-state index contributed by atoms with van der Waals surface area (Å²) in [7, 11) is 0. The van der Waals surface area contributed by atoms with Gasteiger partial charge in [-0.1, -0.05) is 57.2 Å². The fraction of sp³-hybridized carbons (Fsp3) is 0.222. The zero-order valence-corrected chi connectivity index (χ0v) is 12.9. The number of hydrogen-bond donors (Lipinski definition) is 1. The molecule has 1 aromatic heterocycles. The number of rotatable bonds is 2. The topological polar surface area (TPSA) is 41.6 Å². The first-order valence-corrected chi connectivity index (χ1v) is 7.23. The van der Waals surface area contributed by atoms with Gasteiger partial charge in [-0.05, 0) is 23.1 Å². The molecular formula is C18H18FN3. The van der Waals surface area contributed by atoms with Crippen molar-refractivity contribution in [3.63, 3.8) is 0 Å². The van der Waals surface area contributed by atoms with Crippen molar-refractivity contribution in [1.29, 1.82) is 0 Å². The molecule has 0 saturated carbocycles. The van der Waals surface area contributed by atoms with Crippen LogP contribution < -0.4 is 0 Å². The van der Waals surface area contributed by atoms with Crippen molar-refractivity contribution < 1.29 is 4.39 Å². The van der Waals surface area contributed by atoms with Gasteiger partial charge in [-0.25, -0.2) is 9.37 Å². The second kappa shape index (κ2) is 5.37. The Balaban J connectivity index is 1.91. The standard InChI is InChI=1S/C18H18FN3/c1-18(2,3)14-9-7-12(8-10-14)16-20-17(22-21-16)13-5-4-6-15(19)11-13/h4-11H,1-3H3,(H,20,21,22). The van der Waals surface area contributed by atoms with E-state index in [1.54, 1.807) is 12.1 Å². The first kappa shape index (κ1) is 14.4. The molecule has 0 aliphatic heterocycles. The Morgan fingerprint density at radius 1 is 0.955 bits per heavy atom. The molecule has 4 heteroatoms. The Labute approximate surface area is 129 Å². The number of aromatic amines is 1. The molecule has 0 amide bonds. The van der Waals surface area contributed by atoms with E-state index in [0.717, 1.165) is 5.56 Å². The van der Waals surface area contributed by atoms with Crippen LogP contribution in [0.15, 0.2) is 48.5 Å². The van der Waals surface area contributed by atoms with E-state index in [1.165, 1.54) is 17.7 Å². The zero-order chi connectivity index (χ0) is 15.7. The number of hydrogen-bond acceptors (Lipinski definition) is 2. The van der Waals surface area contributed by atoms with Gasteiger partial charge in [0.2, 0.25) is 0 Å². The maximum absolute atomic E-state index is 13.3. The van der Waals surface area contributed by atoms with Crippen molar-refractivity contribution in [2.24, 2.45) is 0 Å². The van der Waals surface area contributed by atoms with Gasteiger partial charge in [-0.3, -0.25) is 5.10 Å². The predicted octanol–water partition coefficient (Wildman–Crippen LogP) is 4.58. The number of benzene rings is 2. The van der Waals surface area contributed by atoms with Gasteiger partial charge in [0.05, 0.1) is 0 Å². The van der Waals surface area contributed by atoms with Gasteiger partial charge in [0.15, 0.2) is 11.6 Å². The highest BCUT2D eigenvalue weighted by Crippen LogP contribution is 2.25. The summed E-state index contributed by atoms with van der Waals surface area (Å²) in [5.74, 6) is 0.882.